The lowest BCUT2D eigenvalue weighted by atomic mass is 10.0. The summed E-state index contributed by atoms with van der Waals surface area (Å²) in [5, 5.41) is 9.51. The molecule has 0 atom stereocenters. The molecule has 0 aliphatic carbocycles. The quantitative estimate of drug-likeness (QED) is 0.881. The van der Waals surface area contributed by atoms with Gasteiger partial charge in [-0.2, -0.15) is 0 Å². The molecule has 1 aromatic carbocycles. The first-order valence-electron chi connectivity index (χ1n) is 5.14. The van der Waals surface area contributed by atoms with Crippen LogP contribution in [0.15, 0.2) is 39.9 Å². The second-order valence-corrected chi connectivity index (χ2v) is 4.64. The highest BCUT2D eigenvalue weighted by molar-refractivity contribution is 9.10. The monoisotopic (exact) mass is 309 g/mol. The molecule has 0 aliphatic rings. The Hall–Kier alpha value is -1.75. The summed E-state index contributed by atoms with van der Waals surface area (Å²) in [7, 11) is 0. The van der Waals surface area contributed by atoms with Crippen LogP contribution in [-0.2, 0) is 0 Å². The van der Waals surface area contributed by atoms with Gasteiger partial charge in [0.25, 0.3) is 0 Å². The predicted octanol–water partition coefficient (Wildman–Crippen LogP) is 3.02. The van der Waals surface area contributed by atoms with Gasteiger partial charge in [-0.3, -0.25) is 9.78 Å². The summed E-state index contributed by atoms with van der Waals surface area (Å²) in [4.78, 5) is 15.2. The van der Waals surface area contributed by atoms with Crippen LogP contribution in [0.4, 0.5) is 4.39 Å². The van der Waals surface area contributed by atoms with Crippen molar-refractivity contribution in [1.82, 2.24) is 4.98 Å². The van der Waals surface area contributed by atoms with Crippen LogP contribution in [0, 0.1) is 12.7 Å². The van der Waals surface area contributed by atoms with Gasteiger partial charge in [0.15, 0.2) is 5.75 Å². The van der Waals surface area contributed by atoms with Crippen LogP contribution >= 0.6 is 15.9 Å². The Bertz CT molecular complexity index is 674. The molecule has 0 aliphatic heterocycles. The van der Waals surface area contributed by atoms with Crippen LogP contribution < -0.4 is 5.43 Å². The molecule has 1 N–H and O–H groups in total. The standard InChI is InChI=1S/C13H9BrFNO2/c1-7-9(5-16-6-11(7)15)8-2-3-12(17)13(18)10(14)4-8/h2-6H,1H3,(H,17,18). The van der Waals surface area contributed by atoms with E-state index in [4.69, 9.17) is 0 Å². The number of aromatic hydroxyl groups is 1. The maximum Gasteiger partial charge on any atom is 0.221 e. The van der Waals surface area contributed by atoms with Crippen LogP contribution in [0.5, 0.6) is 5.75 Å². The van der Waals surface area contributed by atoms with E-state index < -0.39 is 11.2 Å². The average Bonchev–Trinajstić information content (AvgIpc) is 2.47. The molecule has 92 valence electrons. The van der Waals surface area contributed by atoms with E-state index in [9.17, 15) is 14.3 Å². The van der Waals surface area contributed by atoms with Crippen molar-refractivity contribution >= 4 is 15.9 Å². The van der Waals surface area contributed by atoms with Gasteiger partial charge in [0, 0.05) is 11.8 Å². The Morgan fingerprint density at radius 1 is 1.33 bits per heavy atom. The molecule has 1 aromatic heterocycles. The van der Waals surface area contributed by atoms with E-state index in [0.29, 0.717) is 16.7 Å². The Morgan fingerprint density at radius 2 is 2.06 bits per heavy atom. The zero-order chi connectivity index (χ0) is 13.3. The normalized spacial score (nSPS) is 10.4. The minimum absolute atomic E-state index is 0.260. The largest absolute Gasteiger partial charge is 0.503 e. The zero-order valence-electron chi connectivity index (χ0n) is 9.45. The van der Waals surface area contributed by atoms with Gasteiger partial charge in [-0.05, 0) is 46.1 Å². The van der Waals surface area contributed by atoms with Crippen LogP contribution in [0.25, 0.3) is 11.1 Å². The lowest BCUT2D eigenvalue weighted by Gasteiger charge is -2.04. The third-order valence-corrected chi connectivity index (χ3v) is 3.23. The van der Waals surface area contributed by atoms with Crippen molar-refractivity contribution in [3.05, 3.63) is 56.7 Å². The zero-order valence-corrected chi connectivity index (χ0v) is 11.0. The maximum absolute atomic E-state index is 13.4. The van der Waals surface area contributed by atoms with E-state index in [1.165, 1.54) is 18.3 Å². The lowest BCUT2D eigenvalue weighted by Crippen LogP contribution is -1.92. The number of nitrogens with zero attached hydrogens (tertiary/aromatic N) is 1. The van der Waals surface area contributed by atoms with Crippen molar-refractivity contribution in [3.63, 3.8) is 0 Å². The number of halogens is 2. The summed E-state index contributed by atoms with van der Waals surface area (Å²) in [6, 6.07) is 4.32. The van der Waals surface area contributed by atoms with E-state index in [1.54, 1.807) is 13.0 Å². The second-order valence-electron chi connectivity index (χ2n) is 3.79. The molecule has 2 aromatic rings. The fraction of sp³-hybridized carbons (Fsp3) is 0.0769. The molecule has 0 bridgehead atoms. The minimum atomic E-state index is -0.504. The Morgan fingerprint density at radius 3 is 2.78 bits per heavy atom. The highest BCUT2D eigenvalue weighted by Crippen LogP contribution is 2.27. The van der Waals surface area contributed by atoms with Crippen LogP contribution in [0.2, 0.25) is 0 Å². The smallest absolute Gasteiger partial charge is 0.221 e. The second kappa shape index (κ2) is 4.86. The minimum Gasteiger partial charge on any atom is -0.503 e. The summed E-state index contributed by atoms with van der Waals surface area (Å²) < 4.78 is 13.7. The van der Waals surface area contributed by atoms with E-state index in [0.717, 1.165) is 6.20 Å². The third kappa shape index (κ3) is 2.26. The Balaban J connectivity index is 2.74. The number of hydrogen-bond donors (Lipinski definition) is 1. The molecule has 0 unspecified atom stereocenters. The number of rotatable bonds is 1. The maximum atomic E-state index is 13.4. The first kappa shape index (κ1) is 12.7. The van der Waals surface area contributed by atoms with Gasteiger partial charge in [-0.25, -0.2) is 4.39 Å². The molecule has 18 heavy (non-hydrogen) atoms. The van der Waals surface area contributed by atoms with E-state index in [-0.39, 0.29) is 10.2 Å². The number of aromatic nitrogens is 1. The predicted molar refractivity (Wildman–Crippen MR) is 70.0 cm³/mol. The molecule has 2 rings (SSSR count). The van der Waals surface area contributed by atoms with Gasteiger partial charge in [-0.15, -0.1) is 0 Å². The average molecular weight is 310 g/mol. The molecule has 0 spiro atoms. The molecule has 0 radical (unpaired) electrons. The highest BCUT2D eigenvalue weighted by Gasteiger charge is 2.08. The van der Waals surface area contributed by atoms with Gasteiger partial charge < -0.3 is 5.11 Å². The van der Waals surface area contributed by atoms with E-state index in [1.807, 2.05) is 0 Å². The highest BCUT2D eigenvalue weighted by atomic mass is 79.9. The van der Waals surface area contributed by atoms with Crippen molar-refractivity contribution < 1.29 is 9.50 Å². The molecular weight excluding hydrogens is 301 g/mol. The first-order valence-corrected chi connectivity index (χ1v) is 5.93. The number of pyridine rings is 1. The Kier molecular flexibility index (Phi) is 3.43. The van der Waals surface area contributed by atoms with Gasteiger partial charge in [0.1, 0.15) is 5.82 Å². The molecule has 5 heteroatoms. The lowest BCUT2D eigenvalue weighted by molar-refractivity contribution is 0.467. The SMILES string of the molecule is Cc1c(F)cncc1-c1ccc(=O)c(O)c(Br)c1. The number of hydrogen-bond acceptors (Lipinski definition) is 3. The van der Waals surface area contributed by atoms with Crippen molar-refractivity contribution in [1.29, 1.82) is 0 Å². The van der Waals surface area contributed by atoms with E-state index in [2.05, 4.69) is 20.9 Å². The van der Waals surface area contributed by atoms with Crippen molar-refractivity contribution in [3.8, 4) is 16.9 Å². The molecule has 0 fully saturated rings. The first-order chi connectivity index (χ1) is 8.50. The molecule has 0 amide bonds. The summed E-state index contributed by atoms with van der Waals surface area (Å²) >= 11 is 3.10. The summed E-state index contributed by atoms with van der Waals surface area (Å²) in [5.41, 5.74) is 1.11. The third-order valence-electron chi connectivity index (χ3n) is 2.62. The molecule has 0 saturated heterocycles. The summed E-state index contributed by atoms with van der Waals surface area (Å²) in [6.07, 6.45) is 2.65. The molecule has 3 nitrogen and oxygen atoms in total. The fourth-order valence-corrected chi connectivity index (χ4v) is 2.02. The fourth-order valence-electron chi connectivity index (χ4n) is 1.57. The topological polar surface area (TPSA) is 50.2 Å². The molecular formula is C13H9BrFNO2. The van der Waals surface area contributed by atoms with Gasteiger partial charge >= 0.3 is 0 Å². The van der Waals surface area contributed by atoms with Crippen LogP contribution in [-0.4, -0.2) is 10.1 Å². The van der Waals surface area contributed by atoms with Crippen LogP contribution in [0.1, 0.15) is 5.56 Å². The van der Waals surface area contributed by atoms with Gasteiger partial charge in [-0.1, -0.05) is 6.07 Å². The van der Waals surface area contributed by atoms with Crippen molar-refractivity contribution in [2.24, 2.45) is 0 Å². The summed E-state index contributed by atoms with van der Waals surface area (Å²) in [6.45, 7) is 1.63. The van der Waals surface area contributed by atoms with Gasteiger partial charge in [0.2, 0.25) is 5.43 Å². The molecule has 0 saturated carbocycles. The van der Waals surface area contributed by atoms with E-state index >= 15 is 0 Å². The summed E-state index contributed by atoms with van der Waals surface area (Å²) in [5.74, 6) is -0.787. The van der Waals surface area contributed by atoms with Crippen molar-refractivity contribution in [2.45, 2.75) is 6.92 Å². The van der Waals surface area contributed by atoms with Crippen molar-refractivity contribution in [2.75, 3.05) is 0 Å². The Labute approximate surface area is 111 Å². The molecule has 1 heterocycles. The van der Waals surface area contributed by atoms with Crippen LogP contribution in [0.3, 0.4) is 0 Å². The van der Waals surface area contributed by atoms with Gasteiger partial charge in [0.05, 0.1) is 10.7 Å².